The maximum Gasteiger partial charge on any atom is 0.149 e. The summed E-state index contributed by atoms with van der Waals surface area (Å²) in [5.41, 5.74) is 6.81. The van der Waals surface area contributed by atoms with Crippen LogP contribution in [0.2, 0.25) is 0 Å². The molecule has 0 bridgehead atoms. The third kappa shape index (κ3) is 3.60. The highest BCUT2D eigenvalue weighted by Crippen LogP contribution is 2.16. The van der Waals surface area contributed by atoms with E-state index in [9.17, 15) is 12.8 Å². The second-order valence-electron chi connectivity index (χ2n) is 3.71. The van der Waals surface area contributed by atoms with Gasteiger partial charge in [0, 0.05) is 12.3 Å². The molecule has 1 rings (SSSR count). The molecular weight excluding hydrogens is 217 g/mol. The van der Waals surface area contributed by atoms with Crippen LogP contribution < -0.4 is 5.73 Å². The van der Waals surface area contributed by atoms with Gasteiger partial charge in [0.15, 0.2) is 0 Å². The molecule has 2 N–H and O–H groups in total. The van der Waals surface area contributed by atoms with Gasteiger partial charge in [0.25, 0.3) is 0 Å². The van der Waals surface area contributed by atoms with Crippen LogP contribution in [0.1, 0.15) is 17.2 Å². The molecule has 0 aromatic heterocycles. The molecule has 1 atom stereocenters. The van der Waals surface area contributed by atoms with Gasteiger partial charge in [-0.3, -0.25) is 0 Å². The van der Waals surface area contributed by atoms with Gasteiger partial charge in [-0.05, 0) is 24.1 Å². The molecule has 0 amide bonds. The van der Waals surface area contributed by atoms with Gasteiger partial charge in [-0.25, -0.2) is 12.8 Å². The first-order valence-corrected chi connectivity index (χ1v) is 6.55. The molecule has 0 heterocycles. The van der Waals surface area contributed by atoms with E-state index in [2.05, 4.69) is 0 Å². The second kappa shape index (κ2) is 4.28. The molecule has 1 unspecified atom stereocenters. The quantitative estimate of drug-likeness (QED) is 0.849. The van der Waals surface area contributed by atoms with Crippen molar-refractivity contribution < 1.29 is 12.8 Å². The Morgan fingerprint density at radius 2 is 2.07 bits per heavy atom. The predicted octanol–water partition coefficient (Wildman–Crippen LogP) is 1.18. The lowest BCUT2D eigenvalue weighted by Gasteiger charge is -2.11. The summed E-state index contributed by atoms with van der Waals surface area (Å²) in [5, 5.41) is 0. The number of sulfone groups is 1. The van der Waals surface area contributed by atoms with Crippen molar-refractivity contribution in [3.05, 3.63) is 35.1 Å². The Morgan fingerprint density at radius 3 is 2.53 bits per heavy atom. The van der Waals surface area contributed by atoms with E-state index in [4.69, 9.17) is 5.73 Å². The Hall–Kier alpha value is -0.940. The highest BCUT2D eigenvalue weighted by atomic mass is 32.2. The highest BCUT2D eigenvalue weighted by Gasteiger charge is 2.13. The van der Waals surface area contributed by atoms with E-state index >= 15 is 0 Å². The van der Waals surface area contributed by atoms with E-state index < -0.39 is 15.9 Å². The summed E-state index contributed by atoms with van der Waals surface area (Å²) in [4.78, 5) is 0. The average molecular weight is 231 g/mol. The molecule has 0 aliphatic rings. The van der Waals surface area contributed by atoms with Crippen LogP contribution in [0.4, 0.5) is 4.39 Å². The molecule has 0 saturated heterocycles. The van der Waals surface area contributed by atoms with Crippen molar-refractivity contribution in [2.45, 2.75) is 13.0 Å². The number of hydrogen-bond donors (Lipinski definition) is 1. The van der Waals surface area contributed by atoms with Gasteiger partial charge < -0.3 is 5.73 Å². The Kier molecular flexibility index (Phi) is 3.46. The molecule has 15 heavy (non-hydrogen) atoms. The minimum absolute atomic E-state index is 0.127. The first-order valence-electron chi connectivity index (χ1n) is 4.49. The van der Waals surface area contributed by atoms with E-state index in [1.54, 1.807) is 13.0 Å². The lowest BCUT2D eigenvalue weighted by atomic mass is 10.1. The Labute approximate surface area is 89.0 Å². The molecule has 0 saturated carbocycles. The van der Waals surface area contributed by atoms with Crippen LogP contribution in [-0.4, -0.2) is 20.4 Å². The zero-order valence-electron chi connectivity index (χ0n) is 8.70. The van der Waals surface area contributed by atoms with Crippen molar-refractivity contribution in [2.24, 2.45) is 5.73 Å². The van der Waals surface area contributed by atoms with Crippen LogP contribution in [0.15, 0.2) is 18.2 Å². The lowest BCUT2D eigenvalue weighted by molar-refractivity contribution is 0.594. The molecule has 0 spiro atoms. The summed E-state index contributed by atoms with van der Waals surface area (Å²) in [7, 11) is -3.11. The van der Waals surface area contributed by atoms with Crippen LogP contribution in [0, 0.1) is 12.7 Å². The maximum atomic E-state index is 12.9. The van der Waals surface area contributed by atoms with Gasteiger partial charge in [0.2, 0.25) is 0 Å². The molecule has 0 aliphatic carbocycles. The first-order chi connectivity index (χ1) is 6.79. The van der Waals surface area contributed by atoms with Crippen molar-refractivity contribution >= 4 is 9.84 Å². The Balaban J connectivity index is 2.92. The zero-order valence-corrected chi connectivity index (χ0v) is 9.51. The summed E-state index contributed by atoms with van der Waals surface area (Å²) in [6.45, 7) is 1.62. The molecule has 5 heteroatoms. The number of hydrogen-bond acceptors (Lipinski definition) is 3. The topological polar surface area (TPSA) is 60.2 Å². The summed E-state index contributed by atoms with van der Waals surface area (Å²) in [6, 6.07) is 3.79. The summed E-state index contributed by atoms with van der Waals surface area (Å²) < 4.78 is 35.0. The van der Waals surface area contributed by atoms with E-state index in [1.165, 1.54) is 12.1 Å². The number of rotatable bonds is 3. The molecule has 3 nitrogen and oxygen atoms in total. The van der Waals surface area contributed by atoms with Crippen molar-refractivity contribution in [1.82, 2.24) is 0 Å². The van der Waals surface area contributed by atoms with Gasteiger partial charge in [0.1, 0.15) is 15.7 Å². The number of halogens is 1. The van der Waals surface area contributed by atoms with Crippen molar-refractivity contribution in [2.75, 3.05) is 12.0 Å². The Bertz CT molecular complexity index is 456. The van der Waals surface area contributed by atoms with Gasteiger partial charge in [0.05, 0.1) is 5.75 Å². The SMILES string of the molecule is Cc1cc(C(N)CS(C)(=O)=O)ccc1F. The maximum absolute atomic E-state index is 12.9. The zero-order chi connectivity index (χ0) is 11.6. The summed E-state index contributed by atoms with van der Waals surface area (Å²) >= 11 is 0. The van der Waals surface area contributed by atoms with Crippen LogP contribution in [0.25, 0.3) is 0 Å². The van der Waals surface area contributed by atoms with Gasteiger partial charge in [-0.2, -0.15) is 0 Å². The number of nitrogens with two attached hydrogens (primary N) is 1. The fourth-order valence-corrected chi connectivity index (χ4v) is 2.17. The van der Waals surface area contributed by atoms with Crippen LogP contribution in [0.5, 0.6) is 0 Å². The van der Waals surface area contributed by atoms with Crippen LogP contribution in [0.3, 0.4) is 0 Å². The summed E-state index contributed by atoms with van der Waals surface area (Å²) in [5.74, 6) is -0.441. The molecule has 1 aromatic rings. The second-order valence-corrected chi connectivity index (χ2v) is 5.89. The van der Waals surface area contributed by atoms with Gasteiger partial charge in [-0.15, -0.1) is 0 Å². The van der Waals surface area contributed by atoms with Crippen LogP contribution in [-0.2, 0) is 9.84 Å². The van der Waals surface area contributed by atoms with E-state index in [0.29, 0.717) is 11.1 Å². The molecule has 1 aromatic carbocycles. The van der Waals surface area contributed by atoms with Crippen molar-refractivity contribution in [1.29, 1.82) is 0 Å². The molecule has 84 valence electrons. The van der Waals surface area contributed by atoms with E-state index in [-0.39, 0.29) is 11.6 Å². The van der Waals surface area contributed by atoms with E-state index in [1.807, 2.05) is 0 Å². The Morgan fingerprint density at radius 1 is 1.47 bits per heavy atom. The number of aryl methyl sites for hydroxylation is 1. The fraction of sp³-hybridized carbons (Fsp3) is 0.400. The first kappa shape index (κ1) is 12.1. The monoisotopic (exact) mass is 231 g/mol. The fourth-order valence-electron chi connectivity index (χ4n) is 1.32. The minimum Gasteiger partial charge on any atom is -0.323 e. The van der Waals surface area contributed by atoms with Gasteiger partial charge >= 0.3 is 0 Å². The largest absolute Gasteiger partial charge is 0.323 e. The molecular formula is C10H14FNO2S. The van der Waals surface area contributed by atoms with Crippen molar-refractivity contribution in [3.63, 3.8) is 0 Å². The number of benzene rings is 1. The minimum atomic E-state index is -3.11. The standard InChI is InChI=1S/C10H14FNO2S/c1-7-5-8(3-4-9(7)11)10(12)6-15(2,13)14/h3-5,10H,6,12H2,1-2H3. The van der Waals surface area contributed by atoms with Crippen LogP contribution >= 0.6 is 0 Å². The normalized spacial score (nSPS) is 13.9. The predicted molar refractivity (Wildman–Crippen MR) is 57.8 cm³/mol. The van der Waals surface area contributed by atoms with Crippen molar-refractivity contribution in [3.8, 4) is 0 Å². The third-order valence-electron chi connectivity index (χ3n) is 2.09. The molecule has 0 fully saturated rings. The van der Waals surface area contributed by atoms with E-state index in [0.717, 1.165) is 6.26 Å². The highest BCUT2D eigenvalue weighted by molar-refractivity contribution is 7.90. The third-order valence-corrected chi connectivity index (χ3v) is 3.06. The van der Waals surface area contributed by atoms with Gasteiger partial charge in [-0.1, -0.05) is 12.1 Å². The summed E-state index contributed by atoms with van der Waals surface area (Å²) in [6.07, 6.45) is 1.13. The molecule has 0 radical (unpaired) electrons. The molecule has 0 aliphatic heterocycles. The smallest absolute Gasteiger partial charge is 0.149 e. The average Bonchev–Trinajstić information content (AvgIpc) is 2.06. The lowest BCUT2D eigenvalue weighted by Crippen LogP contribution is -2.20.